The van der Waals surface area contributed by atoms with Gasteiger partial charge in [0.15, 0.2) is 17.7 Å². The number of aromatic nitrogens is 4. The first kappa shape index (κ1) is 16.6. The summed E-state index contributed by atoms with van der Waals surface area (Å²) in [6, 6.07) is 0. The van der Waals surface area contributed by atoms with Crippen LogP contribution in [0.25, 0.3) is 11.2 Å². The lowest BCUT2D eigenvalue weighted by atomic mass is 10.1. The molecule has 2 aromatic heterocycles. The molecule has 10 nitrogen and oxygen atoms in total. The Hall–Kier alpha value is -1.85. The lowest BCUT2D eigenvalue weighted by Crippen LogP contribution is -2.36. The van der Waals surface area contributed by atoms with Crippen LogP contribution < -0.4 is 5.73 Å². The Kier molecular flexibility index (Phi) is 4.29. The number of hydrogen-bond donors (Lipinski definition) is 4. The maximum Gasteiger partial charge on any atom is 0.167 e. The number of nitrogen functional groups attached to an aromatic ring is 1. The summed E-state index contributed by atoms with van der Waals surface area (Å²) in [6.07, 6.45) is 0.523. The molecule has 0 bridgehead atoms. The van der Waals surface area contributed by atoms with Crippen LogP contribution in [0, 0.1) is 0 Å². The summed E-state index contributed by atoms with van der Waals surface area (Å²) in [6.45, 7) is 0.0835. The highest BCUT2D eigenvalue weighted by molar-refractivity contribution is 5.81. The van der Waals surface area contributed by atoms with E-state index in [1.165, 1.54) is 17.2 Å². The van der Waals surface area contributed by atoms with Crippen LogP contribution in [0.3, 0.4) is 0 Å². The fraction of sp³-hybridized carbons (Fsp3) is 0.667. The van der Waals surface area contributed by atoms with Gasteiger partial charge in [-0.25, -0.2) is 15.0 Å². The third-order valence-corrected chi connectivity index (χ3v) is 4.89. The molecule has 4 rings (SSSR count). The molecule has 1 aliphatic carbocycles. The molecule has 1 saturated heterocycles. The van der Waals surface area contributed by atoms with Crippen LogP contribution >= 0.6 is 0 Å². The average Bonchev–Trinajstić information content (AvgIpc) is 3.27. The predicted molar refractivity (Wildman–Crippen MR) is 85.3 cm³/mol. The molecule has 3 heterocycles. The van der Waals surface area contributed by atoms with Gasteiger partial charge in [-0.1, -0.05) is 0 Å². The number of ether oxygens (including phenoxy) is 2. The van der Waals surface area contributed by atoms with E-state index in [0.29, 0.717) is 17.6 Å². The Labute approximate surface area is 143 Å². The van der Waals surface area contributed by atoms with Gasteiger partial charge in [-0.2, -0.15) is 0 Å². The summed E-state index contributed by atoms with van der Waals surface area (Å²) in [5.74, 6) is 0.229. The van der Waals surface area contributed by atoms with Crippen molar-refractivity contribution in [1.82, 2.24) is 19.5 Å². The topological polar surface area (TPSA) is 149 Å². The van der Waals surface area contributed by atoms with Crippen LogP contribution in [0.2, 0.25) is 0 Å². The monoisotopic (exact) mass is 351 g/mol. The highest BCUT2D eigenvalue weighted by atomic mass is 16.6. The number of nitrogens with two attached hydrogens (primary N) is 1. The van der Waals surface area contributed by atoms with E-state index in [1.54, 1.807) is 0 Å². The van der Waals surface area contributed by atoms with Crippen LogP contribution in [0.1, 0.15) is 25.5 Å². The van der Waals surface area contributed by atoms with Crippen molar-refractivity contribution in [2.45, 2.75) is 56.0 Å². The van der Waals surface area contributed by atoms with E-state index < -0.39 is 30.6 Å². The van der Waals surface area contributed by atoms with E-state index in [-0.39, 0.29) is 18.5 Å². The summed E-state index contributed by atoms with van der Waals surface area (Å²) >= 11 is 0. The van der Waals surface area contributed by atoms with Crippen molar-refractivity contribution in [3.8, 4) is 0 Å². The standard InChI is InChI=1S/C15H21N5O5/c16-13-10-14(18-5-17-13)20(6-19-10)15-12(23)11(22)9(25-15)4-24-8-3-1-2-7(8)21/h5-9,11-12,15,21-23H,1-4H2,(H2,16,17,18)/t7-,8-,9-,11-,12-,15+/m1/s1. The molecule has 0 radical (unpaired) electrons. The average molecular weight is 351 g/mol. The Balaban J connectivity index is 1.50. The molecule has 25 heavy (non-hydrogen) atoms. The van der Waals surface area contributed by atoms with Gasteiger partial charge in [0.2, 0.25) is 0 Å². The zero-order chi connectivity index (χ0) is 17.6. The van der Waals surface area contributed by atoms with Gasteiger partial charge in [0, 0.05) is 0 Å². The van der Waals surface area contributed by atoms with Gasteiger partial charge < -0.3 is 30.5 Å². The molecule has 1 aliphatic heterocycles. The number of fused-ring (bicyclic) bond motifs is 1. The van der Waals surface area contributed by atoms with Gasteiger partial charge in [-0.05, 0) is 19.3 Å². The van der Waals surface area contributed by atoms with Crippen molar-refractivity contribution in [1.29, 1.82) is 0 Å². The minimum absolute atomic E-state index is 0.0835. The molecule has 0 spiro atoms. The summed E-state index contributed by atoms with van der Waals surface area (Å²) < 4.78 is 13.0. The van der Waals surface area contributed by atoms with Crippen LogP contribution in [-0.2, 0) is 9.47 Å². The maximum absolute atomic E-state index is 10.4. The second-order valence-electron chi connectivity index (χ2n) is 6.50. The number of aliphatic hydroxyl groups is 3. The Morgan fingerprint density at radius 3 is 2.80 bits per heavy atom. The minimum atomic E-state index is -1.17. The van der Waals surface area contributed by atoms with Crippen LogP contribution in [0.4, 0.5) is 5.82 Å². The predicted octanol–water partition coefficient (Wildman–Crippen LogP) is -1.04. The number of imidazole rings is 1. The quantitative estimate of drug-likeness (QED) is 0.541. The maximum atomic E-state index is 10.4. The van der Waals surface area contributed by atoms with E-state index >= 15 is 0 Å². The Morgan fingerprint density at radius 1 is 1.20 bits per heavy atom. The molecule has 2 aliphatic rings. The molecule has 2 aromatic rings. The zero-order valence-electron chi connectivity index (χ0n) is 13.5. The summed E-state index contributed by atoms with van der Waals surface area (Å²) in [7, 11) is 0. The first-order valence-corrected chi connectivity index (χ1v) is 8.30. The van der Waals surface area contributed by atoms with E-state index in [4.69, 9.17) is 15.2 Å². The number of aliphatic hydroxyl groups excluding tert-OH is 3. The molecule has 0 amide bonds. The molecule has 0 unspecified atom stereocenters. The molecule has 5 N–H and O–H groups in total. The summed E-state index contributed by atoms with van der Waals surface area (Å²) in [5.41, 5.74) is 6.58. The molecule has 6 atom stereocenters. The number of anilines is 1. The van der Waals surface area contributed by atoms with Crippen molar-refractivity contribution in [3.63, 3.8) is 0 Å². The first-order valence-electron chi connectivity index (χ1n) is 8.30. The summed E-state index contributed by atoms with van der Waals surface area (Å²) in [5, 5.41) is 30.5. The Morgan fingerprint density at radius 2 is 2.04 bits per heavy atom. The van der Waals surface area contributed by atoms with Crippen molar-refractivity contribution >= 4 is 17.0 Å². The highest BCUT2D eigenvalue weighted by Gasteiger charge is 2.45. The van der Waals surface area contributed by atoms with Crippen LogP contribution in [0.5, 0.6) is 0 Å². The lowest BCUT2D eigenvalue weighted by Gasteiger charge is -2.20. The van der Waals surface area contributed by atoms with E-state index in [1.807, 2.05) is 0 Å². The fourth-order valence-corrected chi connectivity index (χ4v) is 3.47. The van der Waals surface area contributed by atoms with Gasteiger partial charge in [0.1, 0.15) is 30.2 Å². The van der Waals surface area contributed by atoms with E-state index in [9.17, 15) is 15.3 Å². The highest BCUT2D eigenvalue weighted by Crippen LogP contribution is 2.33. The van der Waals surface area contributed by atoms with Crippen molar-refractivity contribution in [2.24, 2.45) is 0 Å². The molecular weight excluding hydrogens is 330 g/mol. The smallest absolute Gasteiger partial charge is 0.167 e. The van der Waals surface area contributed by atoms with Crippen molar-refractivity contribution in [3.05, 3.63) is 12.7 Å². The number of hydrogen-bond acceptors (Lipinski definition) is 9. The second-order valence-corrected chi connectivity index (χ2v) is 6.50. The third-order valence-electron chi connectivity index (χ3n) is 4.89. The number of rotatable bonds is 4. The zero-order valence-corrected chi connectivity index (χ0v) is 13.5. The van der Waals surface area contributed by atoms with Crippen LogP contribution in [-0.4, -0.2) is 72.0 Å². The molecule has 10 heteroatoms. The SMILES string of the molecule is Nc1ncnc2c1ncn2[C@H]1O[C@H](CO[C@@H]2CCC[C@H]2O)[C@@H](O)[C@H]1O. The van der Waals surface area contributed by atoms with E-state index in [2.05, 4.69) is 15.0 Å². The van der Waals surface area contributed by atoms with Gasteiger partial charge in [-0.15, -0.1) is 0 Å². The normalized spacial score (nSPS) is 35.6. The van der Waals surface area contributed by atoms with Crippen molar-refractivity contribution < 1.29 is 24.8 Å². The molecule has 136 valence electrons. The van der Waals surface area contributed by atoms with Crippen molar-refractivity contribution in [2.75, 3.05) is 12.3 Å². The van der Waals surface area contributed by atoms with Gasteiger partial charge in [0.25, 0.3) is 0 Å². The first-order chi connectivity index (χ1) is 12.1. The molecule has 1 saturated carbocycles. The molecule has 2 fully saturated rings. The lowest BCUT2D eigenvalue weighted by molar-refractivity contribution is -0.0968. The second kappa shape index (κ2) is 6.46. The third kappa shape index (κ3) is 2.85. The summed E-state index contributed by atoms with van der Waals surface area (Å²) in [4.78, 5) is 12.1. The van der Waals surface area contributed by atoms with Gasteiger partial charge >= 0.3 is 0 Å². The van der Waals surface area contributed by atoms with Crippen LogP contribution in [0.15, 0.2) is 12.7 Å². The fourth-order valence-electron chi connectivity index (χ4n) is 3.47. The molecule has 0 aromatic carbocycles. The van der Waals surface area contributed by atoms with Gasteiger partial charge in [0.05, 0.1) is 25.1 Å². The Bertz CT molecular complexity index is 755. The molecular formula is C15H21N5O5. The minimum Gasteiger partial charge on any atom is -0.390 e. The largest absolute Gasteiger partial charge is 0.390 e. The van der Waals surface area contributed by atoms with Gasteiger partial charge in [-0.3, -0.25) is 4.57 Å². The van der Waals surface area contributed by atoms with E-state index in [0.717, 1.165) is 12.8 Å². The number of nitrogens with zero attached hydrogens (tertiary/aromatic N) is 4.